The fourth-order valence-electron chi connectivity index (χ4n) is 5.46. The molecule has 0 bridgehead atoms. The Balaban J connectivity index is 1.05. The normalized spacial score (nSPS) is 13.6. The third-order valence-corrected chi connectivity index (χ3v) is 9.14. The number of hydrogen-bond donors (Lipinski definition) is 2. The number of unbranched alkanes of at least 4 members (excludes halogenated alkanes) is 2. The number of carbonyl (C=O) groups is 3. The standard InChI is InChI=1S/C35H48N6O4S/c1-4-21-40(3)33(43)31-26-37-34(46-31)36-20-12-6-9-17-32(42)39(2)24-25-41-22-18-28(19-23-41)45-35(44)38-30-16-11-10-15-29(30)27-13-7-5-8-14-27/h5,7-8,10-11,13-16,26,28H,4,6,9,12,17-25H2,1-3H3,(H,36,37)(H,38,44). The molecule has 0 aliphatic carbocycles. The Morgan fingerprint density at radius 3 is 2.46 bits per heavy atom. The van der Waals surface area contributed by atoms with Crippen molar-refractivity contribution >= 4 is 40.1 Å². The van der Waals surface area contributed by atoms with Gasteiger partial charge in [-0.3, -0.25) is 14.9 Å². The number of ether oxygens (including phenoxy) is 1. The number of para-hydroxylation sites is 1. The molecule has 1 aromatic heterocycles. The molecule has 1 fully saturated rings. The Labute approximate surface area is 277 Å². The quantitative estimate of drug-likeness (QED) is 0.172. The topological polar surface area (TPSA) is 107 Å². The second kappa shape index (κ2) is 18.3. The van der Waals surface area contributed by atoms with Crippen molar-refractivity contribution in [2.75, 3.05) is 64.0 Å². The van der Waals surface area contributed by atoms with E-state index in [1.807, 2.05) is 73.6 Å². The van der Waals surface area contributed by atoms with E-state index in [0.717, 1.165) is 93.2 Å². The van der Waals surface area contributed by atoms with Crippen LogP contribution in [0.4, 0.5) is 15.6 Å². The van der Waals surface area contributed by atoms with Crippen molar-refractivity contribution in [3.05, 3.63) is 65.7 Å². The van der Waals surface area contributed by atoms with Gasteiger partial charge in [-0.25, -0.2) is 9.78 Å². The van der Waals surface area contributed by atoms with Gasteiger partial charge in [-0.1, -0.05) is 73.2 Å². The largest absolute Gasteiger partial charge is 0.446 e. The maximum Gasteiger partial charge on any atom is 0.411 e. The first-order chi connectivity index (χ1) is 22.3. The van der Waals surface area contributed by atoms with Gasteiger partial charge in [0, 0.05) is 65.3 Å². The summed E-state index contributed by atoms with van der Waals surface area (Å²) in [5, 5.41) is 6.98. The van der Waals surface area contributed by atoms with E-state index in [1.165, 1.54) is 11.3 Å². The number of nitrogens with zero attached hydrogens (tertiary/aromatic N) is 4. The molecule has 46 heavy (non-hydrogen) atoms. The molecule has 10 nitrogen and oxygen atoms in total. The van der Waals surface area contributed by atoms with Gasteiger partial charge >= 0.3 is 6.09 Å². The second-order valence-electron chi connectivity index (χ2n) is 11.8. The Hall–Kier alpha value is -3.96. The number of hydrogen-bond acceptors (Lipinski definition) is 8. The van der Waals surface area contributed by atoms with Crippen LogP contribution < -0.4 is 10.6 Å². The predicted octanol–water partition coefficient (Wildman–Crippen LogP) is 6.44. The van der Waals surface area contributed by atoms with Crippen molar-refractivity contribution in [1.29, 1.82) is 0 Å². The minimum atomic E-state index is -0.428. The number of piperidine rings is 1. The number of carbonyl (C=O) groups excluding carboxylic acids is 3. The SMILES string of the molecule is CCCN(C)C(=O)c1cnc(NCCCCCC(=O)N(C)CCN2CCC(OC(=O)Nc3ccccc3-c3ccccc3)CC2)s1. The molecule has 3 amide bonds. The summed E-state index contributed by atoms with van der Waals surface area (Å²) in [4.78, 5) is 48.6. The number of likely N-dealkylation sites (tertiary alicyclic amines) is 1. The van der Waals surface area contributed by atoms with Crippen LogP contribution in [-0.2, 0) is 9.53 Å². The summed E-state index contributed by atoms with van der Waals surface area (Å²) in [7, 11) is 3.69. The molecular formula is C35H48N6O4S. The van der Waals surface area contributed by atoms with Crippen LogP contribution in [0.25, 0.3) is 11.1 Å². The number of benzene rings is 2. The summed E-state index contributed by atoms with van der Waals surface area (Å²) in [6, 6.07) is 17.7. The van der Waals surface area contributed by atoms with Crippen LogP contribution in [0.5, 0.6) is 0 Å². The molecule has 248 valence electrons. The highest BCUT2D eigenvalue weighted by Gasteiger charge is 2.23. The summed E-state index contributed by atoms with van der Waals surface area (Å²) in [5.41, 5.74) is 2.72. The van der Waals surface area contributed by atoms with E-state index in [0.29, 0.717) is 17.8 Å². The molecule has 0 radical (unpaired) electrons. The number of nitrogens with one attached hydrogen (secondary N) is 2. The van der Waals surface area contributed by atoms with Gasteiger partial charge in [0.25, 0.3) is 5.91 Å². The molecule has 1 aliphatic heterocycles. The van der Waals surface area contributed by atoms with Crippen molar-refractivity contribution in [1.82, 2.24) is 19.7 Å². The first kappa shape index (κ1) is 34.9. The maximum absolute atomic E-state index is 12.7. The second-order valence-corrected chi connectivity index (χ2v) is 12.8. The van der Waals surface area contributed by atoms with Gasteiger partial charge in [0.15, 0.2) is 5.13 Å². The molecule has 2 N–H and O–H groups in total. The minimum absolute atomic E-state index is 0.00932. The molecule has 4 rings (SSSR count). The Morgan fingerprint density at radius 1 is 0.957 bits per heavy atom. The molecule has 0 unspecified atom stereocenters. The third-order valence-electron chi connectivity index (χ3n) is 8.20. The number of likely N-dealkylation sites (N-methyl/N-ethyl adjacent to an activating group) is 1. The van der Waals surface area contributed by atoms with Gasteiger partial charge in [-0.2, -0.15) is 0 Å². The summed E-state index contributed by atoms with van der Waals surface area (Å²) in [6.07, 6.45) is 6.81. The van der Waals surface area contributed by atoms with E-state index in [1.54, 1.807) is 11.1 Å². The van der Waals surface area contributed by atoms with Gasteiger partial charge in [-0.15, -0.1) is 0 Å². The van der Waals surface area contributed by atoms with E-state index >= 15 is 0 Å². The van der Waals surface area contributed by atoms with Crippen LogP contribution >= 0.6 is 11.3 Å². The predicted molar refractivity (Wildman–Crippen MR) is 185 cm³/mol. The molecule has 2 aromatic carbocycles. The first-order valence-corrected chi connectivity index (χ1v) is 17.2. The summed E-state index contributed by atoms with van der Waals surface area (Å²) in [6.45, 7) is 6.70. The third kappa shape index (κ3) is 10.8. The van der Waals surface area contributed by atoms with Gasteiger partial charge in [0.2, 0.25) is 5.91 Å². The first-order valence-electron chi connectivity index (χ1n) is 16.4. The van der Waals surface area contributed by atoms with Crippen molar-refractivity contribution in [2.45, 2.75) is 58.0 Å². The van der Waals surface area contributed by atoms with Crippen molar-refractivity contribution in [3.8, 4) is 11.1 Å². The lowest BCUT2D eigenvalue weighted by atomic mass is 10.0. The van der Waals surface area contributed by atoms with E-state index in [-0.39, 0.29) is 17.9 Å². The Morgan fingerprint density at radius 2 is 1.70 bits per heavy atom. The van der Waals surface area contributed by atoms with Crippen LogP contribution in [-0.4, -0.2) is 97.1 Å². The van der Waals surface area contributed by atoms with E-state index in [9.17, 15) is 14.4 Å². The molecule has 2 heterocycles. The highest BCUT2D eigenvalue weighted by atomic mass is 32.1. The molecule has 1 aliphatic rings. The molecule has 0 saturated carbocycles. The summed E-state index contributed by atoms with van der Waals surface area (Å²) >= 11 is 1.38. The molecule has 0 atom stereocenters. The van der Waals surface area contributed by atoms with Gasteiger partial charge in [0.1, 0.15) is 11.0 Å². The van der Waals surface area contributed by atoms with E-state index in [4.69, 9.17) is 4.74 Å². The highest BCUT2D eigenvalue weighted by Crippen LogP contribution is 2.28. The van der Waals surface area contributed by atoms with Gasteiger partial charge in [0.05, 0.1) is 11.9 Å². The highest BCUT2D eigenvalue weighted by molar-refractivity contribution is 7.17. The summed E-state index contributed by atoms with van der Waals surface area (Å²) < 4.78 is 5.76. The fourth-order valence-corrected chi connectivity index (χ4v) is 6.30. The molecule has 3 aromatic rings. The minimum Gasteiger partial charge on any atom is -0.446 e. The lowest BCUT2D eigenvalue weighted by Crippen LogP contribution is -2.42. The van der Waals surface area contributed by atoms with Crippen LogP contribution in [0.15, 0.2) is 60.8 Å². The average Bonchev–Trinajstić information content (AvgIpc) is 3.55. The molecule has 0 spiro atoms. The van der Waals surface area contributed by atoms with E-state index in [2.05, 4.69) is 27.4 Å². The van der Waals surface area contributed by atoms with E-state index < -0.39 is 6.09 Å². The fraction of sp³-hybridized carbons (Fsp3) is 0.486. The van der Waals surface area contributed by atoms with Crippen molar-refractivity contribution in [3.63, 3.8) is 0 Å². The lowest BCUT2D eigenvalue weighted by molar-refractivity contribution is -0.130. The lowest BCUT2D eigenvalue weighted by Gasteiger charge is -2.32. The van der Waals surface area contributed by atoms with Crippen molar-refractivity contribution < 1.29 is 19.1 Å². The number of aromatic nitrogens is 1. The van der Waals surface area contributed by atoms with Crippen LogP contribution in [0.1, 0.15) is 61.5 Å². The van der Waals surface area contributed by atoms with Crippen molar-refractivity contribution in [2.24, 2.45) is 0 Å². The monoisotopic (exact) mass is 648 g/mol. The number of thiazole rings is 1. The van der Waals surface area contributed by atoms with Gasteiger partial charge in [-0.05, 0) is 43.7 Å². The smallest absolute Gasteiger partial charge is 0.411 e. The van der Waals surface area contributed by atoms with Crippen LogP contribution in [0, 0.1) is 0 Å². The Kier molecular flexibility index (Phi) is 13.8. The Bertz CT molecular complexity index is 1390. The molecule has 11 heteroatoms. The van der Waals surface area contributed by atoms with Crippen LogP contribution in [0.2, 0.25) is 0 Å². The number of amides is 3. The zero-order chi connectivity index (χ0) is 32.7. The van der Waals surface area contributed by atoms with Gasteiger partial charge < -0.3 is 24.8 Å². The summed E-state index contributed by atoms with van der Waals surface area (Å²) in [5.74, 6) is 0.174. The number of rotatable bonds is 16. The zero-order valence-corrected chi connectivity index (χ0v) is 28.2. The molecular weight excluding hydrogens is 600 g/mol. The van der Waals surface area contributed by atoms with Crippen LogP contribution in [0.3, 0.4) is 0 Å². The average molecular weight is 649 g/mol. The molecule has 1 saturated heterocycles. The number of anilines is 2. The maximum atomic E-state index is 12.7. The zero-order valence-electron chi connectivity index (χ0n) is 27.4.